The fraction of sp³-hybridized carbons (Fsp3) is 0.167. The van der Waals surface area contributed by atoms with Crippen molar-refractivity contribution in [1.82, 2.24) is 0 Å². The lowest BCUT2D eigenvalue weighted by molar-refractivity contribution is -0.112. The number of anilines is 1. The molecule has 0 unspecified atom stereocenters. The highest BCUT2D eigenvalue weighted by molar-refractivity contribution is 6.62. The molecule has 17 heavy (non-hydrogen) atoms. The third kappa shape index (κ3) is 2.75. The number of benzene rings is 1. The summed E-state index contributed by atoms with van der Waals surface area (Å²) < 4.78 is 0. The fourth-order valence-corrected chi connectivity index (χ4v) is 1.27. The Hall–Kier alpha value is -2.48. The SMILES string of the molecule is CN=C(C=N)C(=O)N(C)c1ccc(C#N)cc1. The summed E-state index contributed by atoms with van der Waals surface area (Å²) >= 11 is 0. The summed E-state index contributed by atoms with van der Waals surface area (Å²) in [5.74, 6) is -0.354. The van der Waals surface area contributed by atoms with Crippen molar-refractivity contribution in [3.63, 3.8) is 0 Å². The smallest absolute Gasteiger partial charge is 0.277 e. The fourth-order valence-electron chi connectivity index (χ4n) is 1.27. The molecule has 1 aromatic carbocycles. The standard InChI is InChI=1S/C12H12N4O/c1-15-11(8-14)12(17)16(2)10-5-3-9(7-13)4-6-10/h3-6,8,14H,1-2H3. The Balaban J connectivity index is 2.97. The summed E-state index contributed by atoms with van der Waals surface area (Å²) in [5.41, 5.74) is 1.26. The number of nitrogens with one attached hydrogen (secondary N) is 1. The molecule has 0 aliphatic rings. The molecule has 1 aromatic rings. The van der Waals surface area contributed by atoms with Crippen molar-refractivity contribution in [2.75, 3.05) is 19.0 Å². The number of nitriles is 1. The third-order valence-corrected chi connectivity index (χ3v) is 2.29. The lowest BCUT2D eigenvalue weighted by Crippen LogP contribution is -2.33. The first-order chi connectivity index (χ1) is 8.13. The second-order valence-electron chi connectivity index (χ2n) is 3.28. The van der Waals surface area contributed by atoms with Crippen LogP contribution < -0.4 is 4.90 Å². The van der Waals surface area contributed by atoms with E-state index in [0.29, 0.717) is 11.3 Å². The predicted molar refractivity (Wildman–Crippen MR) is 66.7 cm³/mol. The molecular weight excluding hydrogens is 216 g/mol. The highest BCUT2D eigenvalue weighted by Gasteiger charge is 2.15. The Bertz CT molecular complexity index is 496. The van der Waals surface area contributed by atoms with Gasteiger partial charge in [-0.05, 0) is 24.3 Å². The van der Waals surface area contributed by atoms with Gasteiger partial charge in [-0.2, -0.15) is 5.26 Å². The Morgan fingerprint density at radius 3 is 2.47 bits per heavy atom. The second-order valence-corrected chi connectivity index (χ2v) is 3.28. The van der Waals surface area contributed by atoms with Crippen molar-refractivity contribution in [1.29, 1.82) is 10.7 Å². The minimum atomic E-state index is -0.354. The maximum atomic E-state index is 11.8. The number of amides is 1. The van der Waals surface area contributed by atoms with Crippen LogP contribution in [0.25, 0.3) is 0 Å². The largest absolute Gasteiger partial charge is 0.310 e. The molecule has 0 atom stereocenters. The summed E-state index contributed by atoms with van der Waals surface area (Å²) in [7, 11) is 3.06. The first-order valence-corrected chi connectivity index (χ1v) is 4.89. The lowest BCUT2D eigenvalue weighted by Gasteiger charge is -2.16. The van der Waals surface area contributed by atoms with Crippen molar-refractivity contribution in [3.05, 3.63) is 29.8 Å². The first kappa shape index (κ1) is 12.6. The molecule has 0 bridgehead atoms. The summed E-state index contributed by atoms with van der Waals surface area (Å²) in [4.78, 5) is 16.9. The molecular formula is C12H12N4O. The predicted octanol–water partition coefficient (Wildman–Crippen LogP) is 1.24. The normalized spacial score (nSPS) is 10.5. The summed E-state index contributed by atoms with van der Waals surface area (Å²) in [6, 6.07) is 8.62. The van der Waals surface area contributed by atoms with Crippen molar-refractivity contribution in [3.8, 4) is 6.07 Å². The van der Waals surface area contributed by atoms with E-state index >= 15 is 0 Å². The molecule has 0 saturated carbocycles. The average Bonchev–Trinajstić information content (AvgIpc) is 2.39. The monoisotopic (exact) mass is 228 g/mol. The van der Waals surface area contributed by atoms with E-state index in [2.05, 4.69) is 4.99 Å². The van der Waals surface area contributed by atoms with Gasteiger partial charge in [0.2, 0.25) is 0 Å². The van der Waals surface area contributed by atoms with Gasteiger partial charge in [0.1, 0.15) is 5.71 Å². The van der Waals surface area contributed by atoms with Crippen LogP contribution in [-0.4, -0.2) is 31.9 Å². The maximum Gasteiger partial charge on any atom is 0.277 e. The molecule has 0 spiro atoms. The van der Waals surface area contributed by atoms with Gasteiger partial charge in [-0.25, -0.2) is 0 Å². The summed E-state index contributed by atoms with van der Waals surface area (Å²) in [6.45, 7) is 0. The van der Waals surface area contributed by atoms with Gasteiger partial charge in [0.25, 0.3) is 5.91 Å². The number of rotatable bonds is 3. The molecule has 0 aliphatic carbocycles. The Morgan fingerprint density at radius 2 is 2.06 bits per heavy atom. The number of carbonyl (C=O) groups is 1. The minimum absolute atomic E-state index is 0.0804. The van der Waals surface area contributed by atoms with Crippen LogP contribution in [0.5, 0.6) is 0 Å². The topological polar surface area (TPSA) is 80.3 Å². The highest BCUT2D eigenvalue weighted by Crippen LogP contribution is 2.13. The van der Waals surface area contributed by atoms with Gasteiger partial charge in [-0.1, -0.05) is 0 Å². The van der Waals surface area contributed by atoms with Crippen molar-refractivity contribution in [2.45, 2.75) is 0 Å². The van der Waals surface area contributed by atoms with E-state index in [1.807, 2.05) is 6.07 Å². The van der Waals surface area contributed by atoms with Crippen LogP contribution in [0.15, 0.2) is 29.3 Å². The maximum absolute atomic E-state index is 11.8. The molecule has 5 heteroatoms. The van der Waals surface area contributed by atoms with E-state index in [9.17, 15) is 4.79 Å². The van der Waals surface area contributed by atoms with Crippen LogP contribution in [0.2, 0.25) is 0 Å². The van der Waals surface area contributed by atoms with Gasteiger partial charge < -0.3 is 10.3 Å². The van der Waals surface area contributed by atoms with Gasteiger partial charge in [0.05, 0.1) is 11.6 Å². The first-order valence-electron chi connectivity index (χ1n) is 4.89. The van der Waals surface area contributed by atoms with Gasteiger partial charge in [0, 0.05) is 26.0 Å². The molecule has 1 amide bonds. The average molecular weight is 228 g/mol. The molecule has 0 aliphatic heterocycles. The molecule has 1 N–H and O–H groups in total. The zero-order valence-corrected chi connectivity index (χ0v) is 9.64. The van der Waals surface area contributed by atoms with Gasteiger partial charge in [0.15, 0.2) is 0 Å². The molecule has 86 valence electrons. The van der Waals surface area contributed by atoms with Gasteiger partial charge in [-0.3, -0.25) is 9.79 Å². The molecule has 1 rings (SSSR count). The van der Waals surface area contributed by atoms with Crippen LogP contribution >= 0.6 is 0 Å². The lowest BCUT2D eigenvalue weighted by atomic mass is 10.2. The molecule has 0 aromatic heterocycles. The van der Waals surface area contributed by atoms with E-state index in [4.69, 9.17) is 10.7 Å². The van der Waals surface area contributed by atoms with E-state index in [1.54, 1.807) is 31.3 Å². The second kappa shape index (κ2) is 5.56. The zero-order chi connectivity index (χ0) is 12.8. The highest BCUT2D eigenvalue weighted by atomic mass is 16.2. The Morgan fingerprint density at radius 1 is 1.47 bits per heavy atom. The summed E-state index contributed by atoms with van der Waals surface area (Å²) in [5, 5.41) is 15.7. The number of nitrogens with zero attached hydrogens (tertiary/aromatic N) is 3. The van der Waals surface area contributed by atoms with Gasteiger partial charge in [-0.15, -0.1) is 0 Å². The van der Waals surface area contributed by atoms with E-state index in [0.717, 1.165) is 6.21 Å². The molecule has 0 heterocycles. The van der Waals surface area contributed by atoms with Gasteiger partial charge >= 0.3 is 0 Å². The molecule has 0 radical (unpaired) electrons. The van der Waals surface area contributed by atoms with E-state index in [-0.39, 0.29) is 11.6 Å². The van der Waals surface area contributed by atoms with Crippen LogP contribution in [0, 0.1) is 16.7 Å². The van der Waals surface area contributed by atoms with Crippen LogP contribution in [0.1, 0.15) is 5.56 Å². The number of carbonyl (C=O) groups excluding carboxylic acids is 1. The minimum Gasteiger partial charge on any atom is -0.310 e. The number of hydrogen-bond acceptors (Lipinski definition) is 4. The Labute approximate surface area is 99.5 Å². The molecule has 0 fully saturated rings. The quantitative estimate of drug-likeness (QED) is 0.790. The van der Waals surface area contributed by atoms with Crippen molar-refractivity contribution >= 4 is 23.5 Å². The zero-order valence-electron chi connectivity index (χ0n) is 9.64. The Kier molecular flexibility index (Phi) is 4.12. The van der Waals surface area contributed by atoms with Crippen molar-refractivity contribution in [2.24, 2.45) is 4.99 Å². The molecule has 0 saturated heterocycles. The van der Waals surface area contributed by atoms with Crippen molar-refractivity contribution < 1.29 is 4.79 Å². The third-order valence-electron chi connectivity index (χ3n) is 2.29. The molecule has 5 nitrogen and oxygen atoms in total. The van der Waals surface area contributed by atoms with E-state index < -0.39 is 0 Å². The number of hydrogen-bond donors (Lipinski definition) is 1. The number of aliphatic imine (C=N–C) groups is 1. The van der Waals surface area contributed by atoms with E-state index in [1.165, 1.54) is 11.9 Å². The van der Waals surface area contributed by atoms with Crippen LogP contribution in [-0.2, 0) is 4.79 Å². The summed E-state index contributed by atoms with van der Waals surface area (Å²) in [6.07, 6.45) is 0.919. The van der Waals surface area contributed by atoms with Crippen LogP contribution in [0.4, 0.5) is 5.69 Å². The van der Waals surface area contributed by atoms with Crippen LogP contribution in [0.3, 0.4) is 0 Å².